The van der Waals surface area contributed by atoms with Gasteiger partial charge < -0.3 is 9.73 Å². The number of nitrogens with one attached hydrogen (secondary N) is 1. The van der Waals surface area contributed by atoms with Crippen LogP contribution in [0.25, 0.3) is 11.3 Å². The van der Waals surface area contributed by atoms with E-state index in [0.29, 0.717) is 12.3 Å². The second-order valence-electron chi connectivity index (χ2n) is 5.24. The van der Waals surface area contributed by atoms with Crippen LogP contribution in [0.1, 0.15) is 11.3 Å². The number of hydrogen-bond donors (Lipinski definition) is 1. The fraction of sp³-hybridized carbons (Fsp3) is 0.111. The van der Waals surface area contributed by atoms with Gasteiger partial charge in [0, 0.05) is 23.4 Å². The van der Waals surface area contributed by atoms with Crippen LogP contribution in [0.5, 0.6) is 0 Å². The largest absolute Gasteiger partial charge is 0.459 e. The monoisotopic (exact) mass is 308 g/mol. The first-order chi connectivity index (χ1) is 11.1. The Labute approximate surface area is 133 Å². The van der Waals surface area contributed by atoms with Crippen LogP contribution in [0.3, 0.4) is 0 Å². The first-order valence-electron chi connectivity index (χ1n) is 7.26. The summed E-state index contributed by atoms with van der Waals surface area (Å²) in [7, 11) is 0. The number of para-hydroxylation sites is 1. The van der Waals surface area contributed by atoms with Crippen molar-refractivity contribution in [3.05, 3.63) is 82.1 Å². The molecule has 0 atom stereocenters. The van der Waals surface area contributed by atoms with Gasteiger partial charge in [-0.1, -0.05) is 18.2 Å². The third-order valence-corrected chi connectivity index (χ3v) is 3.62. The molecule has 0 aliphatic heterocycles. The van der Waals surface area contributed by atoms with E-state index in [9.17, 15) is 10.1 Å². The topological polar surface area (TPSA) is 68.3 Å². The van der Waals surface area contributed by atoms with Crippen LogP contribution in [-0.4, -0.2) is 4.92 Å². The summed E-state index contributed by atoms with van der Waals surface area (Å²) in [6.45, 7) is 2.63. The maximum Gasteiger partial charge on any atom is 0.269 e. The lowest BCUT2D eigenvalue weighted by Crippen LogP contribution is -1.99. The van der Waals surface area contributed by atoms with Gasteiger partial charge in [0.05, 0.1) is 11.5 Å². The van der Waals surface area contributed by atoms with Crippen molar-refractivity contribution < 1.29 is 9.34 Å². The van der Waals surface area contributed by atoms with Gasteiger partial charge in [-0.3, -0.25) is 10.1 Å². The van der Waals surface area contributed by atoms with Gasteiger partial charge in [0.1, 0.15) is 11.5 Å². The third kappa shape index (κ3) is 3.40. The Balaban J connectivity index is 1.70. The number of nitro groups is 1. The maximum absolute atomic E-state index is 10.7. The average molecular weight is 308 g/mol. The normalized spacial score (nSPS) is 10.5. The van der Waals surface area contributed by atoms with E-state index in [1.807, 2.05) is 43.3 Å². The third-order valence-electron chi connectivity index (χ3n) is 3.62. The molecule has 23 heavy (non-hydrogen) atoms. The van der Waals surface area contributed by atoms with Crippen LogP contribution in [0.2, 0.25) is 0 Å². The number of nitro benzene ring substituents is 1. The van der Waals surface area contributed by atoms with Crippen LogP contribution < -0.4 is 5.32 Å². The molecule has 0 saturated heterocycles. The molecule has 0 radical (unpaired) electrons. The molecule has 0 bridgehead atoms. The van der Waals surface area contributed by atoms with Crippen molar-refractivity contribution in [3.63, 3.8) is 0 Å². The summed E-state index contributed by atoms with van der Waals surface area (Å²) < 4.78 is 5.80. The van der Waals surface area contributed by atoms with E-state index < -0.39 is 4.92 Å². The van der Waals surface area contributed by atoms with Crippen molar-refractivity contribution in [2.75, 3.05) is 5.32 Å². The summed E-state index contributed by atoms with van der Waals surface area (Å²) in [5.74, 6) is 1.50. The Morgan fingerprint density at radius 1 is 1.04 bits per heavy atom. The highest BCUT2D eigenvalue weighted by Crippen LogP contribution is 2.25. The van der Waals surface area contributed by atoms with Gasteiger partial charge in [-0.15, -0.1) is 0 Å². The van der Waals surface area contributed by atoms with Crippen molar-refractivity contribution in [3.8, 4) is 11.3 Å². The van der Waals surface area contributed by atoms with Crippen molar-refractivity contribution in [2.45, 2.75) is 13.5 Å². The van der Waals surface area contributed by atoms with Gasteiger partial charge >= 0.3 is 0 Å². The number of hydrogen-bond acceptors (Lipinski definition) is 4. The van der Waals surface area contributed by atoms with E-state index in [-0.39, 0.29) is 5.69 Å². The zero-order valence-corrected chi connectivity index (χ0v) is 12.7. The lowest BCUT2D eigenvalue weighted by atomic mass is 10.1. The lowest BCUT2D eigenvalue weighted by Gasteiger charge is -2.07. The summed E-state index contributed by atoms with van der Waals surface area (Å²) in [6, 6.07) is 18.2. The summed E-state index contributed by atoms with van der Waals surface area (Å²) in [4.78, 5) is 10.3. The number of benzene rings is 2. The molecule has 5 heteroatoms. The Hall–Kier alpha value is -3.08. The van der Waals surface area contributed by atoms with Gasteiger partial charge in [0.2, 0.25) is 0 Å². The second-order valence-corrected chi connectivity index (χ2v) is 5.24. The number of furan rings is 1. The van der Waals surface area contributed by atoms with Gasteiger partial charge in [0.25, 0.3) is 5.69 Å². The minimum absolute atomic E-state index is 0.0711. The summed E-state index contributed by atoms with van der Waals surface area (Å²) in [5, 5.41) is 14.0. The van der Waals surface area contributed by atoms with Crippen LogP contribution in [0.4, 0.5) is 11.4 Å². The molecule has 3 rings (SSSR count). The molecule has 3 aromatic rings. The molecule has 5 nitrogen and oxygen atoms in total. The molecular weight excluding hydrogens is 292 g/mol. The molecule has 116 valence electrons. The van der Waals surface area contributed by atoms with Gasteiger partial charge in [0.15, 0.2) is 0 Å². The van der Waals surface area contributed by atoms with Crippen molar-refractivity contribution in [2.24, 2.45) is 0 Å². The number of rotatable bonds is 5. The zero-order chi connectivity index (χ0) is 16.2. The molecule has 2 aromatic carbocycles. The predicted octanol–water partition coefficient (Wildman–Crippen LogP) is 4.78. The van der Waals surface area contributed by atoms with Gasteiger partial charge in [-0.25, -0.2) is 0 Å². The highest BCUT2D eigenvalue weighted by molar-refractivity contribution is 5.59. The molecule has 1 N–H and O–H groups in total. The SMILES string of the molecule is Cc1ccccc1NCc1ccc(-c2ccc([N+](=O)[O-])cc2)o1. The Bertz CT molecular complexity index is 822. The highest BCUT2D eigenvalue weighted by Gasteiger charge is 2.08. The zero-order valence-electron chi connectivity index (χ0n) is 12.7. The average Bonchev–Trinajstić information content (AvgIpc) is 3.03. The molecule has 0 amide bonds. The first-order valence-corrected chi connectivity index (χ1v) is 7.26. The van der Waals surface area contributed by atoms with E-state index in [4.69, 9.17) is 4.42 Å². The predicted molar refractivity (Wildman–Crippen MR) is 89.3 cm³/mol. The number of anilines is 1. The molecule has 0 aliphatic carbocycles. The smallest absolute Gasteiger partial charge is 0.269 e. The second kappa shape index (κ2) is 6.36. The molecule has 0 saturated carbocycles. The standard InChI is InChI=1S/C18H16N2O3/c1-13-4-2-3-5-17(13)19-12-16-10-11-18(23-16)14-6-8-15(9-7-14)20(21)22/h2-11,19H,12H2,1H3. The quantitative estimate of drug-likeness (QED) is 0.544. The highest BCUT2D eigenvalue weighted by atomic mass is 16.6. The molecule has 0 aliphatic rings. The molecule has 1 heterocycles. The maximum atomic E-state index is 10.7. The van der Waals surface area contributed by atoms with Crippen LogP contribution in [0, 0.1) is 17.0 Å². The Morgan fingerprint density at radius 3 is 2.48 bits per heavy atom. The van der Waals surface area contributed by atoms with Crippen LogP contribution in [-0.2, 0) is 6.54 Å². The Kier molecular flexibility index (Phi) is 4.10. The number of aryl methyl sites for hydroxylation is 1. The molecule has 0 unspecified atom stereocenters. The fourth-order valence-corrected chi connectivity index (χ4v) is 2.33. The summed E-state index contributed by atoms with van der Waals surface area (Å²) in [6.07, 6.45) is 0. The molecular formula is C18H16N2O3. The Morgan fingerprint density at radius 2 is 1.78 bits per heavy atom. The van der Waals surface area contributed by atoms with Crippen molar-refractivity contribution in [1.29, 1.82) is 0 Å². The van der Waals surface area contributed by atoms with Gasteiger partial charge in [-0.2, -0.15) is 0 Å². The first kappa shape index (κ1) is 14.8. The van der Waals surface area contributed by atoms with Crippen LogP contribution in [0.15, 0.2) is 65.1 Å². The minimum atomic E-state index is -0.413. The van der Waals surface area contributed by atoms with E-state index in [0.717, 1.165) is 17.0 Å². The van der Waals surface area contributed by atoms with E-state index in [1.54, 1.807) is 12.1 Å². The minimum Gasteiger partial charge on any atom is -0.459 e. The number of non-ortho nitro benzene ring substituents is 1. The molecule has 1 aromatic heterocycles. The van der Waals surface area contributed by atoms with Crippen molar-refractivity contribution >= 4 is 11.4 Å². The summed E-state index contributed by atoms with van der Waals surface area (Å²) >= 11 is 0. The van der Waals surface area contributed by atoms with Gasteiger partial charge in [-0.05, 0) is 42.8 Å². The van der Waals surface area contributed by atoms with Crippen LogP contribution >= 0.6 is 0 Å². The van der Waals surface area contributed by atoms with E-state index in [2.05, 4.69) is 5.32 Å². The number of nitrogens with zero attached hydrogens (tertiary/aromatic N) is 1. The lowest BCUT2D eigenvalue weighted by molar-refractivity contribution is -0.384. The van der Waals surface area contributed by atoms with E-state index in [1.165, 1.54) is 17.7 Å². The summed E-state index contributed by atoms with van der Waals surface area (Å²) in [5.41, 5.74) is 3.13. The molecule has 0 fully saturated rings. The molecule has 0 spiro atoms. The fourth-order valence-electron chi connectivity index (χ4n) is 2.33. The van der Waals surface area contributed by atoms with Crippen molar-refractivity contribution in [1.82, 2.24) is 0 Å². The van der Waals surface area contributed by atoms with E-state index >= 15 is 0 Å².